The molecule has 2 unspecified atom stereocenters. The molecular formula is C18H25FN2O3. The van der Waals surface area contributed by atoms with Gasteiger partial charge in [0.05, 0.1) is 0 Å². The van der Waals surface area contributed by atoms with Gasteiger partial charge in [0.1, 0.15) is 11.9 Å². The van der Waals surface area contributed by atoms with Crippen LogP contribution < -0.4 is 11.1 Å². The summed E-state index contributed by atoms with van der Waals surface area (Å²) >= 11 is 0. The number of benzene rings is 1. The second-order valence-corrected chi connectivity index (χ2v) is 6.49. The predicted octanol–water partition coefficient (Wildman–Crippen LogP) is 2.65. The van der Waals surface area contributed by atoms with Crippen molar-refractivity contribution in [2.24, 2.45) is 11.7 Å². The number of hydrogen-bond donors (Lipinski definition) is 3. The molecule has 1 fully saturated rings. The third kappa shape index (κ3) is 4.54. The van der Waals surface area contributed by atoms with E-state index < -0.39 is 23.7 Å². The van der Waals surface area contributed by atoms with Crippen LogP contribution in [0.5, 0.6) is 0 Å². The van der Waals surface area contributed by atoms with Crippen molar-refractivity contribution < 1.29 is 19.1 Å². The number of aliphatic carboxylic acids is 1. The molecule has 1 saturated carbocycles. The van der Waals surface area contributed by atoms with Crippen LogP contribution >= 0.6 is 0 Å². The summed E-state index contributed by atoms with van der Waals surface area (Å²) in [4.78, 5) is 22.9. The number of halogens is 1. The van der Waals surface area contributed by atoms with Gasteiger partial charge >= 0.3 is 5.97 Å². The molecule has 4 N–H and O–H groups in total. The quantitative estimate of drug-likeness (QED) is 0.744. The molecule has 0 heterocycles. The standard InChI is InChI=1S/C18H25FN2O3/c1-2-11-5-3-4-6-15(11)12-7-13(9-14(19)8-12)17(22)21-10-16(20)18(23)24/h7-9,11,15-16H,2-6,10,20H2,1H3,(H,21,22)(H,23,24)/t11?,15?,16-/m1/s1. The summed E-state index contributed by atoms with van der Waals surface area (Å²) in [6.07, 6.45) is 5.49. The van der Waals surface area contributed by atoms with Gasteiger partial charge in [0, 0.05) is 12.1 Å². The Balaban J connectivity index is 2.15. The largest absolute Gasteiger partial charge is 0.480 e. The summed E-state index contributed by atoms with van der Waals surface area (Å²) in [7, 11) is 0. The fraction of sp³-hybridized carbons (Fsp3) is 0.556. The molecule has 0 aliphatic heterocycles. The number of carbonyl (C=O) groups is 2. The molecule has 132 valence electrons. The average molecular weight is 336 g/mol. The van der Waals surface area contributed by atoms with E-state index in [1.165, 1.54) is 18.6 Å². The molecule has 1 amide bonds. The molecule has 3 atom stereocenters. The third-order valence-electron chi connectivity index (χ3n) is 4.84. The van der Waals surface area contributed by atoms with E-state index in [2.05, 4.69) is 12.2 Å². The Labute approximate surface area is 141 Å². The first kappa shape index (κ1) is 18.4. The normalized spacial score (nSPS) is 22.0. The molecule has 0 radical (unpaired) electrons. The Morgan fingerprint density at radius 2 is 2.04 bits per heavy atom. The van der Waals surface area contributed by atoms with Gasteiger partial charge in [0.25, 0.3) is 5.91 Å². The lowest BCUT2D eigenvalue weighted by Gasteiger charge is -2.31. The summed E-state index contributed by atoms with van der Waals surface area (Å²) in [5.74, 6) is -1.36. The Kier molecular flexibility index (Phi) is 6.31. The Morgan fingerprint density at radius 3 is 2.71 bits per heavy atom. The van der Waals surface area contributed by atoms with Crippen molar-refractivity contribution in [2.45, 2.75) is 51.0 Å². The number of hydrogen-bond acceptors (Lipinski definition) is 3. The number of carbonyl (C=O) groups excluding carboxylic acids is 1. The number of nitrogens with two attached hydrogens (primary N) is 1. The van der Waals surface area contributed by atoms with Gasteiger partial charge in [-0.05, 0) is 48.4 Å². The van der Waals surface area contributed by atoms with Crippen LogP contribution in [0.15, 0.2) is 18.2 Å². The number of nitrogens with one attached hydrogen (secondary N) is 1. The van der Waals surface area contributed by atoms with Gasteiger partial charge in [-0.1, -0.05) is 26.2 Å². The predicted molar refractivity (Wildman–Crippen MR) is 89.3 cm³/mol. The van der Waals surface area contributed by atoms with Crippen LogP contribution in [-0.2, 0) is 4.79 Å². The first-order valence-electron chi connectivity index (χ1n) is 8.49. The van der Waals surface area contributed by atoms with Gasteiger partial charge in [-0.15, -0.1) is 0 Å². The highest BCUT2D eigenvalue weighted by Crippen LogP contribution is 2.39. The zero-order chi connectivity index (χ0) is 17.7. The maximum absolute atomic E-state index is 14.0. The maximum atomic E-state index is 14.0. The van der Waals surface area contributed by atoms with Crippen molar-refractivity contribution in [3.8, 4) is 0 Å². The molecule has 1 aromatic carbocycles. The van der Waals surface area contributed by atoms with Crippen LogP contribution in [0.4, 0.5) is 4.39 Å². The topological polar surface area (TPSA) is 92.4 Å². The van der Waals surface area contributed by atoms with E-state index in [4.69, 9.17) is 10.8 Å². The molecule has 1 aromatic rings. The van der Waals surface area contributed by atoms with Gasteiger partial charge in [-0.25, -0.2) is 4.39 Å². The lowest BCUT2D eigenvalue weighted by atomic mass is 9.74. The van der Waals surface area contributed by atoms with E-state index in [1.807, 2.05) is 0 Å². The lowest BCUT2D eigenvalue weighted by Crippen LogP contribution is -2.42. The van der Waals surface area contributed by atoms with Gasteiger partial charge in [-0.2, -0.15) is 0 Å². The van der Waals surface area contributed by atoms with Crippen molar-refractivity contribution >= 4 is 11.9 Å². The van der Waals surface area contributed by atoms with Crippen molar-refractivity contribution in [1.82, 2.24) is 5.32 Å². The SMILES string of the molecule is CCC1CCCCC1c1cc(F)cc(C(=O)NC[C@@H](N)C(=O)O)c1. The highest BCUT2D eigenvalue weighted by molar-refractivity contribution is 5.94. The summed E-state index contributed by atoms with van der Waals surface area (Å²) in [6.45, 7) is 1.95. The first-order chi connectivity index (χ1) is 11.4. The summed E-state index contributed by atoms with van der Waals surface area (Å²) < 4.78 is 14.0. The minimum Gasteiger partial charge on any atom is -0.480 e. The molecule has 5 nitrogen and oxygen atoms in total. The van der Waals surface area contributed by atoms with E-state index in [0.717, 1.165) is 31.2 Å². The number of amides is 1. The van der Waals surface area contributed by atoms with Gasteiger partial charge in [0.2, 0.25) is 0 Å². The van der Waals surface area contributed by atoms with E-state index >= 15 is 0 Å². The van der Waals surface area contributed by atoms with Crippen molar-refractivity contribution in [3.63, 3.8) is 0 Å². The molecule has 1 aliphatic carbocycles. The second kappa shape index (κ2) is 8.24. The zero-order valence-electron chi connectivity index (χ0n) is 13.9. The molecule has 0 bridgehead atoms. The monoisotopic (exact) mass is 336 g/mol. The van der Waals surface area contributed by atoms with E-state index in [-0.39, 0.29) is 18.0 Å². The van der Waals surface area contributed by atoms with Gasteiger partial charge < -0.3 is 16.2 Å². The van der Waals surface area contributed by atoms with E-state index in [1.54, 1.807) is 6.07 Å². The van der Waals surface area contributed by atoms with Crippen molar-refractivity contribution in [1.29, 1.82) is 0 Å². The number of carboxylic acids is 1. The molecular weight excluding hydrogens is 311 g/mol. The highest BCUT2D eigenvalue weighted by atomic mass is 19.1. The summed E-state index contributed by atoms with van der Waals surface area (Å²) in [6, 6.07) is 3.24. The number of rotatable bonds is 6. The molecule has 2 rings (SSSR count). The Bertz CT molecular complexity index is 606. The zero-order valence-corrected chi connectivity index (χ0v) is 13.9. The molecule has 0 aromatic heterocycles. The van der Waals surface area contributed by atoms with Gasteiger partial charge in [-0.3, -0.25) is 9.59 Å². The molecule has 0 saturated heterocycles. The fourth-order valence-electron chi connectivity index (χ4n) is 3.48. The molecule has 0 spiro atoms. The smallest absolute Gasteiger partial charge is 0.322 e. The number of carboxylic acid groups (broad SMARTS) is 1. The second-order valence-electron chi connectivity index (χ2n) is 6.49. The fourth-order valence-corrected chi connectivity index (χ4v) is 3.48. The van der Waals surface area contributed by atoms with Crippen LogP contribution in [0.1, 0.15) is 60.9 Å². The molecule has 1 aliphatic rings. The summed E-state index contributed by atoms with van der Waals surface area (Å²) in [5, 5.41) is 11.2. The van der Waals surface area contributed by atoms with E-state index in [0.29, 0.717) is 5.92 Å². The minimum absolute atomic E-state index is 0.193. The third-order valence-corrected chi connectivity index (χ3v) is 4.84. The van der Waals surface area contributed by atoms with Crippen LogP contribution in [0.3, 0.4) is 0 Å². The van der Waals surface area contributed by atoms with Crippen LogP contribution in [0, 0.1) is 11.7 Å². The summed E-state index contributed by atoms with van der Waals surface area (Å²) in [5.41, 5.74) is 6.43. The van der Waals surface area contributed by atoms with Gasteiger partial charge in [0.15, 0.2) is 0 Å². The first-order valence-corrected chi connectivity index (χ1v) is 8.49. The lowest BCUT2D eigenvalue weighted by molar-refractivity contribution is -0.138. The molecule has 24 heavy (non-hydrogen) atoms. The van der Waals surface area contributed by atoms with E-state index in [9.17, 15) is 14.0 Å². The van der Waals surface area contributed by atoms with Crippen LogP contribution in [0.25, 0.3) is 0 Å². The molecule has 6 heteroatoms. The Morgan fingerprint density at radius 1 is 1.33 bits per heavy atom. The maximum Gasteiger partial charge on any atom is 0.322 e. The van der Waals surface area contributed by atoms with Crippen molar-refractivity contribution in [2.75, 3.05) is 6.54 Å². The minimum atomic E-state index is -1.19. The van der Waals surface area contributed by atoms with Crippen LogP contribution in [0.2, 0.25) is 0 Å². The Hall–Kier alpha value is -1.95. The average Bonchev–Trinajstić information content (AvgIpc) is 2.58. The van der Waals surface area contributed by atoms with Crippen molar-refractivity contribution in [3.05, 3.63) is 35.1 Å². The highest BCUT2D eigenvalue weighted by Gasteiger charge is 2.26. The van der Waals surface area contributed by atoms with Crippen LogP contribution in [-0.4, -0.2) is 29.6 Å².